The molecule has 5 nitrogen and oxygen atoms in total. The van der Waals surface area contributed by atoms with Crippen molar-refractivity contribution in [2.24, 2.45) is 0 Å². The van der Waals surface area contributed by atoms with Crippen molar-refractivity contribution >= 4 is 23.4 Å². The zero-order chi connectivity index (χ0) is 19.9. The van der Waals surface area contributed by atoms with E-state index >= 15 is 0 Å². The van der Waals surface area contributed by atoms with Gasteiger partial charge in [-0.3, -0.25) is 9.59 Å². The molecule has 150 valence electrons. The summed E-state index contributed by atoms with van der Waals surface area (Å²) in [5.41, 5.74) is 1.40. The number of likely N-dealkylation sites (tertiary alicyclic amines) is 1. The summed E-state index contributed by atoms with van der Waals surface area (Å²) in [6, 6.07) is 8.28. The first-order valence-electron chi connectivity index (χ1n) is 9.66. The largest absolute Gasteiger partial charge is 0.494 e. The Labute approximate surface area is 167 Å². The molecular formula is C21H31ClN2O3. The van der Waals surface area contributed by atoms with Crippen molar-refractivity contribution in [3.8, 4) is 5.75 Å². The first-order chi connectivity index (χ1) is 12.8. The van der Waals surface area contributed by atoms with E-state index < -0.39 is 0 Å². The summed E-state index contributed by atoms with van der Waals surface area (Å²) in [4.78, 5) is 25.5. The molecule has 0 atom stereocenters. The van der Waals surface area contributed by atoms with E-state index in [0.29, 0.717) is 32.5 Å². The molecule has 1 fully saturated rings. The summed E-state index contributed by atoms with van der Waals surface area (Å²) in [6.07, 6.45) is 2.75. The molecule has 1 aromatic carbocycles. The van der Waals surface area contributed by atoms with Crippen molar-refractivity contribution in [3.05, 3.63) is 29.8 Å². The van der Waals surface area contributed by atoms with Gasteiger partial charge in [-0.15, -0.1) is 11.6 Å². The highest BCUT2D eigenvalue weighted by Gasteiger charge is 2.23. The first kappa shape index (κ1) is 21.5. The lowest BCUT2D eigenvalue weighted by Crippen LogP contribution is -2.46. The Bertz CT molecular complexity index is 617. The van der Waals surface area contributed by atoms with E-state index in [4.69, 9.17) is 16.3 Å². The zero-order valence-electron chi connectivity index (χ0n) is 16.6. The van der Waals surface area contributed by atoms with Crippen LogP contribution in [0.15, 0.2) is 24.3 Å². The first-order valence-corrected chi connectivity index (χ1v) is 10.2. The minimum Gasteiger partial charge on any atom is -0.494 e. The fraction of sp³-hybridized carbons (Fsp3) is 0.619. The highest BCUT2D eigenvalue weighted by Crippen LogP contribution is 2.24. The van der Waals surface area contributed by atoms with Gasteiger partial charge >= 0.3 is 0 Å². The maximum absolute atomic E-state index is 12.3. The van der Waals surface area contributed by atoms with Crippen LogP contribution in [0.3, 0.4) is 0 Å². The summed E-state index contributed by atoms with van der Waals surface area (Å²) < 4.78 is 5.75. The molecule has 0 aromatic heterocycles. The van der Waals surface area contributed by atoms with Crippen molar-refractivity contribution < 1.29 is 14.3 Å². The van der Waals surface area contributed by atoms with Crippen LogP contribution in [0.4, 0.5) is 0 Å². The van der Waals surface area contributed by atoms with Gasteiger partial charge in [-0.25, -0.2) is 0 Å². The van der Waals surface area contributed by atoms with Gasteiger partial charge in [0.2, 0.25) is 11.8 Å². The second-order valence-electron chi connectivity index (χ2n) is 8.08. The van der Waals surface area contributed by atoms with E-state index in [0.717, 1.165) is 18.6 Å². The molecule has 6 heteroatoms. The molecule has 1 saturated heterocycles. The van der Waals surface area contributed by atoms with Crippen LogP contribution in [0.2, 0.25) is 0 Å². The number of benzene rings is 1. The summed E-state index contributed by atoms with van der Waals surface area (Å²) in [5.74, 6) is 0.835. The lowest BCUT2D eigenvalue weighted by atomic mass is 9.87. The predicted molar refractivity (Wildman–Crippen MR) is 108 cm³/mol. The Morgan fingerprint density at radius 3 is 2.37 bits per heavy atom. The van der Waals surface area contributed by atoms with E-state index in [2.05, 4.69) is 38.2 Å². The lowest BCUT2D eigenvalue weighted by molar-refractivity contribution is -0.132. The van der Waals surface area contributed by atoms with Crippen LogP contribution in [-0.4, -0.2) is 48.3 Å². The van der Waals surface area contributed by atoms with E-state index in [1.807, 2.05) is 17.0 Å². The maximum atomic E-state index is 12.3. The molecular weight excluding hydrogens is 364 g/mol. The number of nitrogens with zero attached hydrogens (tertiary/aromatic N) is 1. The third-order valence-corrected chi connectivity index (χ3v) is 5.10. The van der Waals surface area contributed by atoms with Crippen molar-refractivity contribution in [2.75, 3.05) is 25.6 Å². The number of nitrogens with one attached hydrogen (secondary N) is 1. The van der Waals surface area contributed by atoms with E-state index in [1.165, 1.54) is 5.56 Å². The molecule has 1 aromatic rings. The fourth-order valence-corrected chi connectivity index (χ4v) is 3.24. The Morgan fingerprint density at radius 2 is 1.81 bits per heavy atom. The van der Waals surface area contributed by atoms with Gasteiger partial charge in [0.15, 0.2) is 0 Å². The summed E-state index contributed by atoms with van der Waals surface area (Å²) >= 11 is 5.50. The normalized spacial score (nSPS) is 15.5. The van der Waals surface area contributed by atoms with Crippen LogP contribution in [0, 0.1) is 0 Å². The van der Waals surface area contributed by atoms with E-state index in [1.54, 1.807) is 0 Å². The topological polar surface area (TPSA) is 58.6 Å². The number of carbonyl (C=O) groups is 2. The van der Waals surface area contributed by atoms with Crippen LogP contribution >= 0.6 is 11.6 Å². The van der Waals surface area contributed by atoms with Gasteiger partial charge in [0.25, 0.3) is 0 Å². The summed E-state index contributed by atoms with van der Waals surface area (Å²) in [5, 5.41) is 2.88. The standard InChI is InChI=1S/C21H31ClN2O3/c1-21(2,3)16-6-8-18(9-7-16)27-14-4-5-20(26)24-12-10-17(11-13-24)23-19(25)15-22/h6-9,17H,4-5,10-15H2,1-3H3,(H,23,25). The number of alkyl halides is 1. The van der Waals surface area contributed by atoms with Crippen molar-refractivity contribution in [2.45, 2.75) is 57.9 Å². The molecule has 1 heterocycles. The van der Waals surface area contributed by atoms with Crippen molar-refractivity contribution in [1.82, 2.24) is 10.2 Å². The monoisotopic (exact) mass is 394 g/mol. The van der Waals surface area contributed by atoms with Crippen LogP contribution in [0.1, 0.15) is 52.0 Å². The fourth-order valence-electron chi connectivity index (χ4n) is 3.16. The Hall–Kier alpha value is -1.75. The van der Waals surface area contributed by atoms with Crippen molar-refractivity contribution in [1.29, 1.82) is 0 Å². The molecule has 0 unspecified atom stereocenters. The number of hydrogen-bond acceptors (Lipinski definition) is 3. The molecule has 1 N–H and O–H groups in total. The average molecular weight is 395 g/mol. The van der Waals surface area contributed by atoms with Crippen LogP contribution in [-0.2, 0) is 15.0 Å². The molecule has 0 spiro atoms. The average Bonchev–Trinajstić information content (AvgIpc) is 2.65. The van der Waals surface area contributed by atoms with Gasteiger partial charge in [0.05, 0.1) is 6.61 Å². The Kier molecular flexibility index (Phi) is 7.96. The SMILES string of the molecule is CC(C)(C)c1ccc(OCCCC(=O)N2CCC(NC(=O)CCl)CC2)cc1. The Balaban J connectivity index is 1.64. The minimum absolute atomic E-state index is 0.0158. The van der Waals surface area contributed by atoms with Gasteiger partial charge in [-0.1, -0.05) is 32.9 Å². The highest BCUT2D eigenvalue weighted by molar-refractivity contribution is 6.27. The molecule has 2 amide bonds. The van der Waals surface area contributed by atoms with Crippen LogP contribution < -0.4 is 10.1 Å². The number of halogens is 1. The van der Waals surface area contributed by atoms with E-state index in [-0.39, 0.29) is 29.2 Å². The number of amides is 2. The maximum Gasteiger partial charge on any atom is 0.235 e. The predicted octanol–water partition coefficient (Wildman–Crippen LogP) is 3.49. The van der Waals surface area contributed by atoms with Gasteiger partial charge in [-0.05, 0) is 42.4 Å². The van der Waals surface area contributed by atoms with Crippen LogP contribution in [0.25, 0.3) is 0 Å². The molecule has 2 rings (SSSR count). The third-order valence-electron chi connectivity index (χ3n) is 4.86. The number of carbonyl (C=O) groups excluding carboxylic acids is 2. The lowest BCUT2D eigenvalue weighted by Gasteiger charge is -2.32. The second-order valence-corrected chi connectivity index (χ2v) is 8.35. The molecule has 1 aliphatic rings. The highest BCUT2D eigenvalue weighted by atomic mass is 35.5. The van der Waals surface area contributed by atoms with E-state index in [9.17, 15) is 9.59 Å². The Morgan fingerprint density at radius 1 is 1.19 bits per heavy atom. The molecule has 0 radical (unpaired) electrons. The molecule has 1 aliphatic heterocycles. The summed E-state index contributed by atoms with van der Waals surface area (Å²) in [6.45, 7) is 8.45. The van der Waals surface area contributed by atoms with Gasteiger partial charge in [0, 0.05) is 25.6 Å². The third kappa shape index (κ3) is 7.06. The molecule has 0 aliphatic carbocycles. The number of ether oxygens (including phenoxy) is 1. The van der Waals surface area contributed by atoms with Gasteiger partial charge in [-0.2, -0.15) is 0 Å². The second kappa shape index (κ2) is 9.98. The zero-order valence-corrected chi connectivity index (χ0v) is 17.3. The summed E-state index contributed by atoms with van der Waals surface area (Å²) in [7, 11) is 0. The smallest absolute Gasteiger partial charge is 0.235 e. The minimum atomic E-state index is -0.144. The van der Waals surface area contributed by atoms with Gasteiger partial charge in [0.1, 0.15) is 11.6 Å². The number of hydrogen-bond donors (Lipinski definition) is 1. The number of piperidine rings is 1. The van der Waals surface area contributed by atoms with Crippen LogP contribution in [0.5, 0.6) is 5.75 Å². The van der Waals surface area contributed by atoms with Gasteiger partial charge < -0.3 is 15.0 Å². The molecule has 0 saturated carbocycles. The molecule has 0 bridgehead atoms. The number of rotatable bonds is 7. The molecule has 27 heavy (non-hydrogen) atoms. The van der Waals surface area contributed by atoms with Crippen molar-refractivity contribution in [3.63, 3.8) is 0 Å². The quantitative estimate of drug-likeness (QED) is 0.568.